The third kappa shape index (κ3) is 5.58. The predicted octanol–water partition coefficient (Wildman–Crippen LogP) is 3.46. The molecule has 0 aliphatic heterocycles. The average molecular weight is 412 g/mol. The van der Waals surface area contributed by atoms with Crippen LogP contribution in [0.25, 0.3) is 0 Å². The highest BCUT2D eigenvalue weighted by molar-refractivity contribution is 6.32. The summed E-state index contributed by atoms with van der Waals surface area (Å²) in [7, 11) is 1.59. The van der Waals surface area contributed by atoms with E-state index in [0.29, 0.717) is 23.0 Å². The third-order valence-corrected chi connectivity index (χ3v) is 4.59. The van der Waals surface area contributed by atoms with E-state index in [1.165, 1.54) is 6.21 Å². The van der Waals surface area contributed by atoms with E-state index < -0.39 is 0 Å². The lowest BCUT2D eigenvalue weighted by molar-refractivity contribution is -0.119. The van der Waals surface area contributed by atoms with Crippen molar-refractivity contribution in [3.05, 3.63) is 76.6 Å². The van der Waals surface area contributed by atoms with Gasteiger partial charge < -0.3 is 10.1 Å². The van der Waals surface area contributed by atoms with Crippen LogP contribution >= 0.6 is 11.6 Å². The Balaban J connectivity index is 1.56. The number of nitrogens with one attached hydrogen (secondary N) is 2. The van der Waals surface area contributed by atoms with Crippen LogP contribution < -0.4 is 15.5 Å². The fourth-order valence-corrected chi connectivity index (χ4v) is 2.98. The number of hydrogen-bond donors (Lipinski definition) is 2. The van der Waals surface area contributed by atoms with Crippen molar-refractivity contribution < 1.29 is 9.53 Å². The van der Waals surface area contributed by atoms with Crippen molar-refractivity contribution in [3.63, 3.8) is 0 Å². The van der Waals surface area contributed by atoms with Crippen molar-refractivity contribution >= 4 is 29.4 Å². The molecule has 29 heavy (non-hydrogen) atoms. The van der Waals surface area contributed by atoms with Crippen LogP contribution in [0.1, 0.15) is 16.8 Å². The molecule has 3 aromatic rings. The third-order valence-electron chi connectivity index (χ3n) is 4.19. The predicted molar refractivity (Wildman–Crippen MR) is 115 cm³/mol. The molecule has 150 valence electrons. The maximum atomic E-state index is 12.0. The molecule has 0 fully saturated rings. The highest BCUT2D eigenvalue weighted by atomic mass is 35.5. The minimum atomic E-state index is -0.283. The SMILES string of the molecule is COc1cccc(NCC(=O)N/N=C\c2c(C)nn(Cc3ccccc3)c2Cl)c1. The number of nitrogens with zero attached hydrogens (tertiary/aromatic N) is 3. The van der Waals surface area contributed by atoms with E-state index in [2.05, 4.69) is 20.9 Å². The molecule has 1 aromatic heterocycles. The molecule has 0 aliphatic rings. The number of aromatic nitrogens is 2. The Morgan fingerprint density at radius 3 is 2.79 bits per heavy atom. The molecule has 0 saturated heterocycles. The number of hydrazone groups is 1. The normalized spacial score (nSPS) is 10.9. The van der Waals surface area contributed by atoms with Crippen molar-refractivity contribution in [2.24, 2.45) is 5.10 Å². The van der Waals surface area contributed by atoms with Crippen LogP contribution in [0.2, 0.25) is 5.15 Å². The maximum Gasteiger partial charge on any atom is 0.259 e. The summed E-state index contributed by atoms with van der Waals surface area (Å²) in [4.78, 5) is 12.0. The van der Waals surface area contributed by atoms with Crippen LogP contribution in [-0.2, 0) is 11.3 Å². The van der Waals surface area contributed by atoms with Crippen molar-refractivity contribution in [1.29, 1.82) is 0 Å². The van der Waals surface area contributed by atoms with E-state index in [1.807, 2.05) is 55.5 Å². The monoisotopic (exact) mass is 411 g/mol. The van der Waals surface area contributed by atoms with E-state index in [-0.39, 0.29) is 12.5 Å². The lowest BCUT2D eigenvalue weighted by Gasteiger charge is -2.06. The molecule has 1 heterocycles. The number of ether oxygens (including phenoxy) is 1. The van der Waals surface area contributed by atoms with Gasteiger partial charge in [-0.05, 0) is 24.6 Å². The van der Waals surface area contributed by atoms with Crippen LogP contribution in [0.5, 0.6) is 5.75 Å². The minimum Gasteiger partial charge on any atom is -0.497 e. The molecular weight excluding hydrogens is 390 g/mol. The van der Waals surface area contributed by atoms with Crippen LogP contribution in [0, 0.1) is 6.92 Å². The number of hydrogen-bond acceptors (Lipinski definition) is 5. The van der Waals surface area contributed by atoms with Gasteiger partial charge in [0.2, 0.25) is 0 Å². The first-order valence-corrected chi connectivity index (χ1v) is 9.41. The van der Waals surface area contributed by atoms with E-state index >= 15 is 0 Å². The molecule has 2 aromatic carbocycles. The lowest BCUT2D eigenvalue weighted by Crippen LogP contribution is -2.25. The largest absolute Gasteiger partial charge is 0.497 e. The Hall–Kier alpha value is -3.32. The lowest BCUT2D eigenvalue weighted by atomic mass is 10.2. The number of benzene rings is 2. The summed E-state index contributed by atoms with van der Waals surface area (Å²) in [5.41, 5.74) is 5.77. The fraction of sp³-hybridized carbons (Fsp3) is 0.190. The number of halogens is 1. The molecule has 3 rings (SSSR count). The summed E-state index contributed by atoms with van der Waals surface area (Å²) in [6, 6.07) is 17.3. The van der Waals surface area contributed by atoms with Crippen LogP contribution in [0.3, 0.4) is 0 Å². The van der Waals surface area contributed by atoms with Gasteiger partial charge in [-0.2, -0.15) is 10.2 Å². The molecule has 0 radical (unpaired) electrons. The number of carbonyl (C=O) groups excluding carboxylic acids is 1. The van der Waals surface area contributed by atoms with E-state index in [1.54, 1.807) is 17.9 Å². The highest BCUT2D eigenvalue weighted by Gasteiger charge is 2.12. The first-order chi connectivity index (χ1) is 14.1. The maximum absolute atomic E-state index is 12.0. The van der Waals surface area contributed by atoms with Gasteiger partial charge in [-0.3, -0.25) is 4.79 Å². The second-order valence-electron chi connectivity index (χ2n) is 6.31. The summed E-state index contributed by atoms with van der Waals surface area (Å²) in [6.45, 7) is 2.48. The first-order valence-electron chi connectivity index (χ1n) is 9.03. The molecule has 7 nitrogen and oxygen atoms in total. The summed E-state index contributed by atoms with van der Waals surface area (Å²) < 4.78 is 6.86. The molecule has 8 heteroatoms. The van der Waals surface area contributed by atoms with Crippen molar-refractivity contribution in [2.75, 3.05) is 19.0 Å². The molecule has 1 amide bonds. The zero-order valence-electron chi connectivity index (χ0n) is 16.2. The van der Waals surface area contributed by atoms with Crippen molar-refractivity contribution in [2.45, 2.75) is 13.5 Å². The van der Waals surface area contributed by atoms with Gasteiger partial charge in [-0.15, -0.1) is 0 Å². The van der Waals surface area contributed by atoms with Gasteiger partial charge in [0.15, 0.2) is 0 Å². The zero-order chi connectivity index (χ0) is 20.6. The Morgan fingerprint density at radius 1 is 1.24 bits per heavy atom. The van der Waals surface area contributed by atoms with Gasteiger partial charge in [0.1, 0.15) is 10.9 Å². The van der Waals surface area contributed by atoms with Gasteiger partial charge in [0, 0.05) is 11.8 Å². The summed E-state index contributed by atoms with van der Waals surface area (Å²) in [5.74, 6) is 0.431. The highest BCUT2D eigenvalue weighted by Crippen LogP contribution is 2.19. The number of aryl methyl sites for hydroxylation is 1. The molecule has 0 bridgehead atoms. The van der Waals surface area contributed by atoms with Gasteiger partial charge in [-0.25, -0.2) is 10.1 Å². The molecule has 0 aliphatic carbocycles. The second kappa shape index (κ2) is 9.75. The molecule has 0 saturated carbocycles. The Morgan fingerprint density at radius 2 is 2.03 bits per heavy atom. The number of methoxy groups -OCH3 is 1. The minimum absolute atomic E-state index is 0.0739. The zero-order valence-corrected chi connectivity index (χ0v) is 17.0. The first kappa shape index (κ1) is 20.4. The fourth-order valence-electron chi connectivity index (χ4n) is 2.70. The average Bonchev–Trinajstić information content (AvgIpc) is 3.00. The number of amides is 1. The van der Waals surface area contributed by atoms with Crippen molar-refractivity contribution in [3.8, 4) is 5.75 Å². The molecule has 0 spiro atoms. The molecular formula is C21H22ClN5O2. The van der Waals surface area contributed by atoms with Gasteiger partial charge in [0.25, 0.3) is 5.91 Å². The molecule has 0 atom stereocenters. The number of carbonyl (C=O) groups is 1. The smallest absolute Gasteiger partial charge is 0.259 e. The molecule has 0 unspecified atom stereocenters. The number of rotatable bonds is 8. The standard InChI is InChI=1S/C21H22ClN5O2/c1-15-19(21(22)27(26-15)14-16-7-4-3-5-8-16)12-24-25-20(28)13-23-17-9-6-10-18(11-17)29-2/h3-12,23H,13-14H2,1-2H3,(H,25,28)/b24-12-. The summed E-state index contributed by atoms with van der Waals surface area (Å²) in [5, 5.41) is 11.9. The second-order valence-corrected chi connectivity index (χ2v) is 6.67. The van der Waals surface area contributed by atoms with Crippen LogP contribution in [0.15, 0.2) is 59.7 Å². The topological polar surface area (TPSA) is 80.5 Å². The quantitative estimate of drug-likeness (QED) is 0.439. The van der Waals surface area contributed by atoms with Gasteiger partial charge in [-0.1, -0.05) is 48.0 Å². The Bertz CT molecular complexity index is 1000. The van der Waals surface area contributed by atoms with Crippen molar-refractivity contribution in [1.82, 2.24) is 15.2 Å². The molecule has 2 N–H and O–H groups in total. The summed E-state index contributed by atoms with van der Waals surface area (Å²) in [6.07, 6.45) is 1.51. The van der Waals surface area contributed by atoms with Crippen LogP contribution in [-0.4, -0.2) is 35.6 Å². The Labute approximate surface area is 174 Å². The summed E-state index contributed by atoms with van der Waals surface area (Å²) >= 11 is 6.44. The van der Waals surface area contributed by atoms with E-state index in [4.69, 9.17) is 16.3 Å². The van der Waals surface area contributed by atoms with Gasteiger partial charge in [0.05, 0.1) is 37.7 Å². The number of anilines is 1. The van der Waals surface area contributed by atoms with E-state index in [9.17, 15) is 4.79 Å². The van der Waals surface area contributed by atoms with E-state index in [0.717, 1.165) is 16.9 Å². The Kier molecular flexibility index (Phi) is 6.86. The van der Waals surface area contributed by atoms with Gasteiger partial charge >= 0.3 is 0 Å². The van der Waals surface area contributed by atoms with Crippen LogP contribution in [0.4, 0.5) is 5.69 Å².